The van der Waals surface area contributed by atoms with Crippen molar-refractivity contribution in [2.75, 3.05) is 4.90 Å². The van der Waals surface area contributed by atoms with E-state index in [0.717, 1.165) is 4.90 Å². The summed E-state index contributed by atoms with van der Waals surface area (Å²) in [6.07, 6.45) is 2.61. The van der Waals surface area contributed by atoms with Gasteiger partial charge in [-0.25, -0.2) is 0 Å². The van der Waals surface area contributed by atoms with E-state index in [-0.39, 0.29) is 23.3 Å². The highest BCUT2D eigenvalue weighted by Gasteiger charge is 2.48. The largest absolute Gasteiger partial charge is 0.545 e. The number of benzene rings is 1. The lowest BCUT2D eigenvalue weighted by molar-refractivity contribution is -0.255. The maximum absolute atomic E-state index is 12.4. The van der Waals surface area contributed by atoms with E-state index in [1.54, 1.807) is 6.08 Å². The third-order valence-electron chi connectivity index (χ3n) is 3.93. The molecule has 5 nitrogen and oxygen atoms in total. The lowest BCUT2D eigenvalue weighted by atomic mass is 9.85. The number of carboxylic acids is 1. The standard InChI is InChI=1S/C15H12ClNO4/c16-9-3-6-11-12(7-9)14(19)17(13(11)18)10-4-1-8(2-5-10)15(20)21/h1-5,11-12H,6-7H2,(H,20,21)/p-1/t11-,12+/m0/s1. The number of aromatic carboxylic acids is 1. The Balaban J connectivity index is 1.91. The van der Waals surface area contributed by atoms with Gasteiger partial charge in [-0.2, -0.15) is 0 Å². The van der Waals surface area contributed by atoms with Crippen molar-refractivity contribution < 1.29 is 19.5 Å². The van der Waals surface area contributed by atoms with Crippen LogP contribution in [0, 0.1) is 11.8 Å². The molecule has 0 bridgehead atoms. The summed E-state index contributed by atoms with van der Waals surface area (Å²) in [6.45, 7) is 0. The van der Waals surface area contributed by atoms with Gasteiger partial charge < -0.3 is 9.90 Å². The second-order valence-electron chi connectivity index (χ2n) is 5.15. The normalized spacial score (nSPS) is 24.8. The molecule has 2 aliphatic rings. The average molecular weight is 305 g/mol. The molecule has 3 rings (SSSR count). The number of fused-ring (bicyclic) bond motifs is 1. The highest BCUT2D eigenvalue weighted by Crippen LogP contribution is 2.40. The van der Waals surface area contributed by atoms with Crippen molar-refractivity contribution >= 4 is 35.1 Å². The van der Waals surface area contributed by atoms with Crippen molar-refractivity contribution in [3.8, 4) is 0 Å². The number of carboxylic acid groups (broad SMARTS) is 1. The lowest BCUT2D eigenvalue weighted by Gasteiger charge is -2.17. The van der Waals surface area contributed by atoms with E-state index >= 15 is 0 Å². The summed E-state index contributed by atoms with van der Waals surface area (Å²) in [5, 5.41) is 11.3. The molecular formula is C15H11ClNO4-. The van der Waals surface area contributed by atoms with E-state index in [1.807, 2.05) is 0 Å². The third kappa shape index (κ3) is 2.23. The summed E-state index contributed by atoms with van der Waals surface area (Å²) in [5.74, 6) is -2.63. The second kappa shape index (κ2) is 5.00. The molecular weight excluding hydrogens is 294 g/mol. The van der Waals surface area contributed by atoms with E-state index in [0.29, 0.717) is 23.6 Å². The monoisotopic (exact) mass is 304 g/mol. The molecule has 1 aromatic rings. The maximum atomic E-state index is 12.4. The van der Waals surface area contributed by atoms with Crippen LogP contribution in [0.1, 0.15) is 23.2 Å². The van der Waals surface area contributed by atoms with Crippen LogP contribution in [0.25, 0.3) is 0 Å². The van der Waals surface area contributed by atoms with Crippen LogP contribution >= 0.6 is 11.6 Å². The highest BCUT2D eigenvalue weighted by molar-refractivity contribution is 6.30. The number of carbonyl (C=O) groups is 3. The zero-order chi connectivity index (χ0) is 15.1. The van der Waals surface area contributed by atoms with Crippen molar-refractivity contribution in [2.45, 2.75) is 12.8 Å². The summed E-state index contributed by atoms with van der Waals surface area (Å²) in [6, 6.07) is 5.51. The smallest absolute Gasteiger partial charge is 0.238 e. The molecule has 1 aromatic carbocycles. The van der Waals surface area contributed by atoms with Gasteiger partial charge in [0, 0.05) is 5.03 Å². The van der Waals surface area contributed by atoms with Crippen LogP contribution in [0.15, 0.2) is 35.4 Å². The Hall–Kier alpha value is -2.14. The van der Waals surface area contributed by atoms with Gasteiger partial charge in [-0.05, 0) is 30.5 Å². The zero-order valence-corrected chi connectivity index (χ0v) is 11.7. The number of nitrogens with zero attached hydrogens (tertiary/aromatic N) is 1. The summed E-state index contributed by atoms with van der Waals surface area (Å²) in [7, 11) is 0. The minimum atomic E-state index is -1.30. The van der Waals surface area contributed by atoms with Gasteiger partial charge in [-0.3, -0.25) is 14.5 Å². The first kappa shape index (κ1) is 13.8. The van der Waals surface area contributed by atoms with Crippen molar-refractivity contribution in [3.63, 3.8) is 0 Å². The van der Waals surface area contributed by atoms with Gasteiger partial charge in [-0.15, -0.1) is 0 Å². The SMILES string of the molecule is O=C([O-])c1ccc(N2C(=O)[C@H]3CC=C(Cl)C[C@H]3C2=O)cc1. The average Bonchev–Trinajstić information content (AvgIpc) is 2.70. The minimum absolute atomic E-state index is 0.0000256. The molecule has 1 saturated heterocycles. The van der Waals surface area contributed by atoms with Crippen molar-refractivity contribution in [1.29, 1.82) is 0 Å². The predicted molar refractivity (Wildman–Crippen MR) is 73.4 cm³/mol. The fourth-order valence-electron chi connectivity index (χ4n) is 2.83. The number of amides is 2. The Kier molecular flexibility index (Phi) is 3.29. The van der Waals surface area contributed by atoms with Gasteiger partial charge in [0.2, 0.25) is 11.8 Å². The molecule has 1 aliphatic heterocycles. The summed E-state index contributed by atoms with van der Waals surface area (Å²) in [5.41, 5.74) is 0.375. The Morgan fingerprint density at radius 1 is 1.14 bits per heavy atom. The van der Waals surface area contributed by atoms with Gasteiger partial charge in [-0.1, -0.05) is 29.8 Å². The number of allylic oxidation sites excluding steroid dienone is 2. The van der Waals surface area contributed by atoms with E-state index in [4.69, 9.17) is 11.6 Å². The molecule has 21 heavy (non-hydrogen) atoms. The molecule has 0 radical (unpaired) electrons. The van der Waals surface area contributed by atoms with Crippen LogP contribution in [0.2, 0.25) is 0 Å². The maximum Gasteiger partial charge on any atom is 0.238 e. The van der Waals surface area contributed by atoms with Crippen molar-refractivity contribution in [2.24, 2.45) is 11.8 Å². The quantitative estimate of drug-likeness (QED) is 0.766. The van der Waals surface area contributed by atoms with Crippen molar-refractivity contribution in [1.82, 2.24) is 0 Å². The van der Waals surface area contributed by atoms with Gasteiger partial charge in [0.15, 0.2) is 0 Å². The van der Waals surface area contributed by atoms with Crippen molar-refractivity contribution in [3.05, 3.63) is 40.9 Å². The molecule has 0 spiro atoms. The number of hydrogen-bond acceptors (Lipinski definition) is 4. The third-order valence-corrected chi connectivity index (χ3v) is 4.24. The number of anilines is 1. The Bertz CT molecular complexity index is 665. The molecule has 1 heterocycles. The molecule has 6 heteroatoms. The van der Waals surface area contributed by atoms with Crippen LogP contribution < -0.4 is 10.0 Å². The van der Waals surface area contributed by atoms with Crippen LogP contribution in [-0.2, 0) is 9.59 Å². The van der Waals surface area contributed by atoms with E-state index in [1.165, 1.54) is 24.3 Å². The van der Waals surface area contributed by atoms with E-state index in [9.17, 15) is 19.5 Å². The van der Waals surface area contributed by atoms with Gasteiger partial charge >= 0.3 is 0 Å². The van der Waals surface area contributed by atoms with Crippen LogP contribution in [0.4, 0.5) is 5.69 Å². The molecule has 0 saturated carbocycles. The molecule has 0 unspecified atom stereocenters. The van der Waals surface area contributed by atoms with Gasteiger partial charge in [0.1, 0.15) is 0 Å². The zero-order valence-electron chi connectivity index (χ0n) is 10.9. The number of halogens is 1. The summed E-state index contributed by atoms with van der Waals surface area (Å²) in [4.78, 5) is 36.6. The van der Waals surface area contributed by atoms with E-state index in [2.05, 4.69) is 0 Å². The number of hydrogen-bond donors (Lipinski definition) is 0. The Morgan fingerprint density at radius 3 is 2.38 bits per heavy atom. The first-order chi connectivity index (χ1) is 9.99. The highest BCUT2D eigenvalue weighted by atomic mass is 35.5. The number of rotatable bonds is 2. The van der Waals surface area contributed by atoms with Gasteiger partial charge in [0.05, 0.1) is 23.5 Å². The summed E-state index contributed by atoms with van der Waals surface area (Å²) < 4.78 is 0. The lowest BCUT2D eigenvalue weighted by Crippen LogP contribution is -2.31. The van der Waals surface area contributed by atoms with Crippen LogP contribution in [0.3, 0.4) is 0 Å². The molecule has 1 aliphatic carbocycles. The van der Waals surface area contributed by atoms with Crippen LogP contribution in [0.5, 0.6) is 0 Å². The molecule has 1 fully saturated rings. The molecule has 0 aromatic heterocycles. The van der Waals surface area contributed by atoms with E-state index < -0.39 is 11.9 Å². The molecule has 2 atom stereocenters. The molecule has 2 amide bonds. The first-order valence-electron chi connectivity index (χ1n) is 6.53. The topological polar surface area (TPSA) is 77.5 Å². The van der Waals surface area contributed by atoms with Gasteiger partial charge in [0.25, 0.3) is 0 Å². The molecule has 108 valence electrons. The fraction of sp³-hybridized carbons (Fsp3) is 0.267. The second-order valence-corrected chi connectivity index (χ2v) is 5.64. The summed E-state index contributed by atoms with van der Waals surface area (Å²) >= 11 is 5.95. The predicted octanol–water partition coefficient (Wildman–Crippen LogP) is 1.07. The Morgan fingerprint density at radius 2 is 1.76 bits per heavy atom. The number of carbonyl (C=O) groups excluding carboxylic acids is 3. The van der Waals surface area contributed by atoms with Crippen LogP contribution in [-0.4, -0.2) is 17.8 Å². The minimum Gasteiger partial charge on any atom is -0.545 e. The number of imide groups is 1. The fourth-order valence-corrected chi connectivity index (χ4v) is 3.08. The first-order valence-corrected chi connectivity index (χ1v) is 6.90. The Labute approximate surface area is 125 Å². The molecule has 0 N–H and O–H groups in total.